The van der Waals surface area contributed by atoms with Crippen molar-refractivity contribution in [2.75, 3.05) is 18.6 Å². The van der Waals surface area contributed by atoms with Crippen molar-refractivity contribution in [3.05, 3.63) is 0 Å². The van der Waals surface area contributed by atoms with Gasteiger partial charge in [-0.25, -0.2) is 0 Å². The quantitative estimate of drug-likeness (QED) is 0.585. The van der Waals surface area contributed by atoms with Gasteiger partial charge in [0.2, 0.25) is 0 Å². The molecule has 0 saturated carbocycles. The molecule has 12 heavy (non-hydrogen) atoms. The largest absolute Gasteiger partial charge is 0.308 e. The lowest BCUT2D eigenvalue weighted by molar-refractivity contribution is 0.318. The number of hydrogen-bond donors (Lipinski definition) is 3. The van der Waals surface area contributed by atoms with Crippen LogP contribution in [0.2, 0.25) is 0 Å². The molecule has 0 aromatic rings. The second kappa shape index (κ2) is 4.40. The third-order valence-electron chi connectivity index (χ3n) is 1.08. The van der Waals surface area contributed by atoms with Crippen LogP contribution in [-0.2, 0) is 14.3 Å². The van der Waals surface area contributed by atoms with Gasteiger partial charge in [-0.2, -0.15) is 8.42 Å². The Kier molecular flexibility index (Phi) is 4.45. The summed E-state index contributed by atoms with van der Waals surface area (Å²) in [4.78, 5) is 0. The lowest BCUT2D eigenvalue weighted by Gasteiger charge is -2.23. The minimum absolute atomic E-state index is 0.0466. The summed E-state index contributed by atoms with van der Waals surface area (Å²) in [7, 11) is -6.02. The maximum atomic E-state index is 10.2. The maximum Gasteiger partial charge on any atom is 0.264 e. The molecule has 76 valence electrons. The van der Waals surface area contributed by atoms with Gasteiger partial charge in [-0.1, -0.05) is 0 Å². The summed E-state index contributed by atoms with van der Waals surface area (Å²) in [6, 6.07) is 0. The lowest BCUT2D eigenvalue weighted by atomic mass is 10.6. The molecule has 0 bridgehead atoms. The van der Waals surface area contributed by atoms with Gasteiger partial charge in [-0.05, 0) is 6.42 Å². The summed E-state index contributed by atoms with van der Waals surface area (Å²) in [5, 5.41) is 0. The van der Waals surface area contributed by atoms with E-state index in [4.69, 9.17) is 13.7 Å². The monoisotopic (exact) mass is 220 g/mol. The molecule has 0 atom stereocenters. The second-order valence-corrected chi connectivity index (χ2v) is 5.64. The highest BCUT2D eigenvalue weighted by Gasteiger charge is 2.16. The molecule has 3 N–H and O–H groups in total. The third-order valence-corrected chi connectivity index (χ3v) is 3.24. The first-order valence-corrected chi connectivity index (χ1v) is 6.28. The standard InChI is InChI=1S/C4H12O6S2/c1-10-12(8,9)4-2-3-11(5,6)7/h8-9H,2-4H2,1H3,(H,5,6,7). The Balaban J connectivity index is 3.72. The molecular formula is C4H12O6S2. The highest BCUT2D eigenvalue weighted by molar-refractivity contribution is 8.20. The molecule has 0 amide bonds. The predicted octanol–water partition coefficient (Wildman–Crippen LogP) is 0.576. The fraction of sp³-hybridized carbons (Fsp3) is 1.00. The van der Waals surface area contributed by atoms with Crippen molar-refractivity contribution in [1.29, 1.82) is 0 Å². The van der Waals surface area contributed by atoms with E-state index >= 15 is 0 Å². The Morgan fingerprint density at radius 3 is 2.00 bits per heavy atom. The van der Waals surface area contributed by atoms with Gasteiger partial charge in [0.25, 0.3) is 10.1 Å². The van der Waals surface area contributed by atoms with E-state index in [1.165, 1.54) is 0 Å². The average molecular weight is 220 g/mol. The van der Waals surface area contributed by atoms with Crippen LogP contribution in [0.15, 0.2) is 0 Å². The molecule has 0 aromatic carbocycles. The molecule has 0 fully saturated rings. The van der Waals surface area contributed by atoms with E-state index in [0.29, 0.717) is 0 Å². The normalized spacial score (nSPS) is 14.7. The van der Waals surface area contributed by atoms with Crippen molar-refractivity contribution < 1.29 is 26.3 Å². The molecule has 0 rings (SSSR count). The number of rotatable bonds is 5. The van der Waals surface area contributed by atoms with Gasteiger partial charge in [-0.15, -0.1) is 0 Å². The van der Waals surface area contributed by atoms with Gasteiger partial charge in [0, 0.05) is 5.75 Å². The summed E-state index contributed by atoms with van der Waals surface area (Å²) in [6.07, 6.45) is -0.0466. The molecule has 0 heterocycles. The van der Waals surface area contributed by atoms with Gasteiger partial charge in [-0.3, -0.25) is 8.74 Å². The van der Waals surface area contributed by atoms with Crippen LogP contribution < -0.4 is 0 Å². The Morgan fingerprint density at radius 1 is 1.17 bits per heavy atom. The fourth-order valence-electron chi connectivity index (χ4n) is 0.513. The molecule has 0 aliphatic heterocycles. The molecule has 0 saturated heterocycles. The first-order valence-electron chi connectivity index (χ1n) is 3.03. The summed E-state index contributed by atoms with van der Waals surface area (Å²) >= 11 is 0. The number of hydrogen-bond acceptors (Lipinski definition) is 5. The topological polar surface area (TPSA) is 104 Å². The van der Waals surface area contributed by atoms with E-state index in [9.17, 15) is 8.42 Å². The summed E-state index contributed by atoms with van der Waals surface area (Å²) in [5.74, 6) is -0.685. The van der Waals surface area contributed by atoms with Crippen LogP contribution in [0.3, 0.4) is 0 Å². The van der Waals surface area contributed by atoms with Crippen LogP contribution >= 0.6 is 10.9 Å². The summed E-state index contributed by atoms with van der Waals surface area (Å²) in [6.45, 7) is 0. The molecule has 0 aliphatic rings. The van der Waals surface area contributed by atoms with Gasteiger partial charge in [0.1, 0.15) is 0 Å². The lowest BCUT2D eigenvalue weighted by Crippen LogP contribution is -2.10. The van der Waals surface area contributed by atoms with Crippen LogP contribution in [0.1, 0.15) is 6.42 Å². The van der Waals surface area contributed by atoms with Crippen LogP contribution in [0.4, 0.5) is 0 Å². The van der Waals surface area contributed by atoms with Crippen molar-refractivity contribution in [2.24, 2.45) is 0 Å². The van der Waals surface area contributed by atoms with Gasteiger partial charge < -0.3 is 9.11 Å². The van der Waals surface area contributed by atoms with E-state index in [0.717, 1.165) is 7.11 Å². The van der Waals surface area contributed by atoms with Gasteiger partial charge in [0.15, 0.2) is 0 Å². The highest BCUT2D eigenvalue weighted by Crippen LogP contribution is 2.38. The third kappa shape index (κ3) is 6.83. The van der Waals surface area contributed by atoms with Gasteiger partial charge >= 0.3 is 0 Å². The van der Waals surface area contributed by atoms with Crippen molar-refractivity contribution in [3.63, 3.8) is 0 Å². The van der Waals surface area contributed by atoms with Crippen molar-refractivity contribution in [2.45, 2.75) is 6.42 Å². The fourth-order valence-corrected chi connectivity index (χ4v) is 1.89. The molecule has 0 unspecified atom stereocenters. The Bertz CT molecular complexity index is 220. The van der Waals surface area contributed by atoms with Crippen molar-refractivity contribution >= 4 is 21.0 Å². The summed E-state index contributed by atoms with van der Waals surface area (Å²) < 4.78 is 50.6. The van der Waals surface area contributed by atoms with E-state index in [2.05, 4.69) is 4.18 Å². The zero-order valence-electron chi connectivity index (χ0n) is 6.50. The smallest absolute Gasteiger partial charge is 0.264 e. The van der Waals surface area contributed by atoms with E-state index in [-0.39, 0.29) is 12.2 Å². The Morgan fingerprint density at radius 2 is 1.67 bits per heavy atom. The molecule has 0 radical (unpaired) electrons. The minimum atomic E-state index is -4.02. The van der Waals surface area contributed by atoms with E-state index in [1.807, 2.05) is 0 Å². The van der Waals surface area contributed by atoms with Crippen LogP contribution in [0.25, 0.3) is 0 Å². The molecular weight excluding hydrogens is 208 g/mol. The maximum absolute atomic E-state index is 10.2. The van der Waals surface area contributed by atoms with E-state index < -0.39 is 26.7 Å². The van der Waals surface area contributed by atoms with E-state index in [1.54, 1.807) is 0 Å². The van der Waals surface area contributed by atoms with Crippen molar-refractivity contribution in [3.8, 4) is 0 Å². The average Bonchev–Trinajstić information content (AvgIpc) is 1.84. The predicted molar refractivity (Wildman–Crippen MR) is 45.8 cm³/mol. The zero-order chi connectivity index (χ0) is 9.83. The summed E-state index contributed by atoms with van der Waals surface area (Å²) in [5.41, 5.74) is 0. The second-order valence-electron chi connectivity index (χ2n) is 2.12. The van der Waals surface area contributed by atoms with Crippen LogP contribution in [0, 0.1) is 0 Å². The molecule has 8 heteroatoms. The van der Waals surface area contributed by atoms with Crippen LogP contribution in [-0.4, -0.2) is 40.7 Å². The van der Waals surface area contributed by atoms with Crippen LogP contribution in [0.5, 0.6) is 0 Å². The Labute approximate surface area is 72.9 Å². The zero-order valence-corrected chi connectivity index (χ0v) is 8.14. The molecule has 0 spiro atoms. The molecule has 6 nitrogen and oxygen atoms in total. The molecule has 0 aromatic heterocycles. The Hall–Kier alpha value is 0.140. The van der Waals surface area contributed by atoms with Gasteiger partial charge in [0.05, 0.1) is 23.7 Å². The SMILES string of the molecule is COS(O)(O)CCCS(=O)(=O)O. The first kappa shape index (κ1) is 12.1. The minimum Gasteiger partial charge on any atom is -0.308 e. The van der Waals surface area contributed by atoms with Crippen molar-refractivity contribution in [1.82, 2.24) is 0 Å². The molecule has 0 aliphatic carbocycles. The highest BCUT2D eigenvalue weighted by atomic mass is 32.3. The first-order chi connectivity index (χ1) is 5.27.